The van der Waals surface area contributed by atoms with Crippen LogP contribution in [0.4, 0.5) is 5.13 Å². The zero-order chi connectivity index (χ0) is 13.1. The molecule has 17 heavy (non-hydrogen) atoms. The second-order valence-electron chi connectivity index (χ2n) is 5.15. The van der Waals surface area contributed by atoms with E-state index in [9.17, 15) is 4.79 Å². The van der Waals surface area contributed by atoms with Crippen molar-refractivity contribution in [2.45, 2.75) is 52.0 Å². The minimum atomic E-state index is -0.772. The van der Waals surface area contributed by atoms with Crippen LogP contribution in [0, 0.1) is 0 Å². The molecule has 0 amide bonds. The number of carboxylic acid groups (broad SMARTS) is 1. The van der Waals surface area contributed by atoms with Gasteiger partial charge in [0.15, 0.2) is 0 Å². The normalized spacial score (nSPS) is 13.4. The predicted molar refractivity (Wildman–Crippen MR) is 68.6 cm³/mol. The summed E-state index contributed by atoms with van der Waals surface area (Å²) < 4.78 is 4.29. The molecule has 0 aliphatic carbocycles. The minimum absolute atomic E-state index is 0.0548. The first-order chi connectivity index (χ1) is 7.79. The Kier molecular flexibility index (Phi) is 4.45. The van der Waals surface area contributed by atoms with Crippen molar-refractivity contribution >= 4 is 22.6 Å². The molecule has 0 saturated heterocycles. The lowest BCUT2D eigenvalue weighted by Crippen LogP contribution is -2.17. The van der Waals surface area contributed by atoms with Crippen molar-refractivity contribution in [3.63, 3.8) is 0 Å². The fraction of sp³-hybridized carbons (Fsp3) is 0.727. The Morgan fingerprint density at radius 2 is 2.18 bits per heavy atom. The van der Waals surface area contributed by atoms with E-state index >= 15 is 0 Å². The van der Waals surface area contributed by atoms with Crippen LogP contribution in [0.2, 0.25) is 0 Å². The van der Waals surface area contributed by atoms with Gasteiger partial charge in [-0.15, -0.1) is 0 Å². The number of aliphatic carboxylic acids is 1. The fourth-order valence-corrected chi connectivity index (χ4v) is 2.08. The first-order valence-electron chi connectivity index (χ1n) is 5.61. The van der Waals surface area contributed by atoms with Crippen molar-refractivity contribution in [1.82, 2.24) is 9.36 Å². The number of rotatable bonds is 5. The molecule has 1 unspecified atom stereocenters. The third kappa shape index (κ3) is 4.68. The molecule has 6 heteroatoms. The lowest BCUT2D eigenvalue weighted by Gasteiger charge is -2.13. The van der Waals surface area contributed by atoms with E-state index in [1.54, 1.807) is 0 Å². The monoisotopic (exact) mass is 257 g/mol. The first-order valence-corrected chi connectivity index (χ1v) is 6.39. The van der Waals surface area contributed by atoms with Crippen molar-refractivity contribution in [3.05, 3.63) is 5.82 Å². The van der Waals surface area contributed by atoms with Gasteiger partial charge in [-0.2, -0.15) is 4.37 Å². The number of nitrogens with zero attached hydrogens (tertiary/aromatic N) is 2. The van der Waals surface area contributed by atoms with Crippen LogP contribution in [0.15, 0.2) is 0 Å². The zero-order valence-electron chi connectivity index (χ0n) is 10.6. The van der Waals surface area contributed by atoms with Gasteiger partial charge in [-0.3, -0.25) is 4.79 Å². The van der Waals surface area contributed by atoms with E-state index < -0.39 is 5.97 Å². The quantitative estimate of drug-likeness (QED) is 0.847. The molecule has 0 bridgehead atoms. The molecule has 5 nitrogen and oxygen atoms in total. The van der Waals surface area contributed by atoms with E-state index in [1.807, 2.05) is 6.92 Å². The van der Waals surface area contributed by atoms with E-state index in [1.165, 1.54) is 11.5 Å². The molecule has 0 aliphatic heterocycles. The van der Waals surface area contributed by atoms with Gasteiger partial charge >= 0.3 is 5.97 Å². The summed E-state index contributed by atoms with van der Waals surface area (Å²) in [5.41, 5.74) is -0.0548. The number of hydrogen-bond donors (Lipinski definition) is 2. The lowest BCUT2D eigenvalue weighted by molar-refractivity contribution is -0.137. The van der Waals surface area contributed by atoms with Gasteiger partial charge in [-0.05, 0) is 13.3 Å². The molecule has 1 rings (SSSR count). The third-order valence-electron chi connectivity index (χ3n) is 2.26. The summed E-state index contributed by atoms with van der Waals surface area (Å²) in [6.07, 6.45) is 0.749. The SMILES string of the molecule is CC(CCC(=O)O)Nc1nc(C(C)(C)C)ns1. The third-order valence-corrected chi connectivity index (χ3v) is 2.90. The summed E-state index contributed by atoms with van der Waals surface area (Å²) in [7, 11) is 0. The van der Waals surface area contributed by atoms with E-state index in [2.05, 4.69) is 35.4 Å². The van der Waals surface area contributed by atoms with Crippen molar-refractivity contribution < 1.29 is 9.90 Å². The molecule has 0 aromatic carbocycles. The summed E-state index contributed by atoms with van der Waals surface area (Å²) in [4.78, 5) is 14.8. The predicted octanol–water partition coefficient (Wildman–Crippen LogP) is 2.50. The van der Waals surface area contributed by atoms with Crippen LogP contribution in [-0.4, -0.2) is 26.5 Å². The van der Waals surface area contributed by atoms with Crippen molar-refractivity contribution in [2.75, 3.05) is 5.32 Å². The molecule has 96 valence electrons. The summed E-state index contributed by atoms with van der Waals surface area (Å²) in [5.74, 6) is 0.0433. The number of carboxylic acids is 1. The van der Waals surface area contributed by atoms with Crippen molar-refractivity contribution in [2.24, 2.45) is 0 Å². The second-order valence-corrected chi connectivity index (χ2v) is 5.90. The second kappa shape index (κ2) is 5.44. The molecule has 2 N–H and O–H groups in total. The van der Waals surface area contributed by atoms with E-state index in [0.29, 0.717) is 6.42 Å². The van der Waals surface area contributed by atoms with E-state index in [4.69, 9.17) is 5.11 Å². The Bertz CT molecular complexity index is 384. The summed E-state index contributed by atoms with van der Waals surface area (Å²) >= 11 is 1.32. The minimum Gasteiger partial charge on any atom is -0.481 e. The average molecular weight is 257 g/mol. The van der Waals surface area contributed by atoms with Crippen LogP contribution < -0.4 is 5.32 Å². The maximum Gasteiger partial charge on any atom is 0.303 e. The molecule has 0 fully saturated rings. The van der Waals surface area contributed by atoms with Crippen LogP contribution in [0.5, 0.6) is 0 Å². The van der Waals surface area contributed by atoms with E-state index in [-0.39, 0.29) is 17.9 Å². The number of carbonyl (C=O) groups is 1. The Labute approximate surface area is 105 Å². The maximum atomic E-state index is 10.4. The molecule has 0 spiro atoms. The molecule has 0 saturated carbocycles. The highest BCUT2D eigenvalue weighted by molar-refractivity contribution is 7.09. The zero-order valence-corrected chi connectivity index (χ0v) is 11.5. The molecule has 1 heterocycles. The molecule has 1 aromatic heterocycles. The van der Waals surface area contributed by atoms with Crippen LogP contribution in [0.25, 0.3) is 0 Å². The van der Waals surface area contributed by atoms with Gasteiger partial charge in [0.1, 0.15) is 5.82 Å². The van der Waals surface area contributed by atoms with Crippen molar-refractivity contribution in [3.8, 4) is 0 Å². The number of nitrogens with one attached hydrogen (secondary N) is 1. The highest BCUT2D eigenvalue weighted by Gasteiger charge is 2.20. The van der Waals surface area contributed by atoms with Gasteiger partial charge in [0.25, 0.3) is 0 Å². The van der Waals surface area contributed by atoms with Crippen LogP contribution in [0.1, 0.15) is 46.4 Å². The topological polar surface area (TPSA) is 75.1 Å². The van der Waals surface area contributed by atoms with Gasteiger partial charge in [0, 0.05) is 29.4 Å². The van der Waals surface area contributed by atoms with Gasteiger partial charge in [-0.25, -0.2) is 4.98 Å². The van der Waals surface area contributed by atoms with Gasteiger partial charge in [0.2, 0.25) is 5.13 Å². The largest absolute Gasteiger partial charge is 0.481 e. The van der Waals surface area contributed by atoms with Gasteiger partial charge < -0.3 is 10.4 Å². The average Bonchev–Trinajstić information content (AvgIpc) is 2.62. The molecule has 0 aliphatic rings. The summed E-state index contributed by atoms with van der Waals surface area (Å²) in [5, 5.41) is 12.5. The van der Waals surface area contributed by atoms with Gasteiger partial charge in [-0.1, -0.05) is 20.8 Å². The van der Waals surface area contributed by atoms with Crippen molar-refractivity contribution in [1.29, 1.82) is 0 Å². The summed E-state index contributed by atoms with van der Waals surface area (Å²) in [6.45, 7) is 8.13. The number of anilines is 1. The Balaban J connectivity index is 2.52. The Morgan fingerprint density at radius 1 is 1.53 bits per heavy atom. The van der Waals surface area contributed by atoms with Crippen LogP contribution >= 0.6 is 11.5 Å². The molecule has 1 atom stereocenters. The highest BCUT2D eigenvalue weighted by atomic mass is 32.1. The smallest absolute Gasteiger partial charge is 0.303 e. The Hall–Kier alpha value is -1.17. The highest BCUT2D eigenvalue weighted by Crippen LogP contribution is 2.23. The number of aromatic nitrogens is 2. The first kappa shape index (κ1) is 13.9. The lowest BCUT2D eigenvalue weighted by atomic mass is 9.96. The number of hydrogen-bond acceptors (Lipinski definition) is 5. The van der Waals surface area contributed by atoms with E-state index in [0.717, 1.165) is 11.0 Å². The fourth-order valence-electron chi connectivity index (χ4n) is 1.21. The molecular weight excluding hydrogens is 238 g/mol. The maximum absolute atomic E-state index is 10.4. The molecule has 0 radical (unpaired) electrons. The van der Waals surface area contributed by atoms with Gasteiger partial charge in [0.05, 0.1) is 0 Å². The molecular formula is C11H19N3O2S. The summed E-state index contributed by atoms with van der Waals surface area (Å²) in [6, 6.07) is 0.0897. The van der Waals surface area contributed by atoms with Crippen LogP contribution in [0.3, 0.4) is 0 Å². The molecule has 1 aromatic rings. The standard InChI is InChI=1S/C11H19N3O2S/c1-7(5-6-8(15)16)12-10-13-9(14-17-10)11(2,3)4/h7H,5-6H2,1-4H3,(H,15,16)(H,12,13,14). The van der Waals surface area contributed by atoms with Crippen LogP contribution in [-0.2, 0) is 10.2 Å². The Morgan fingerprint density at radius 3 is 2.65 bits per heavy atom.